The van der Waals surface area contributed by atoms with E-state index in [0.717, 1.165) is 0 Å². The molecule has 31 heavy (non-hydrogen) atoms. The molecule has 3 aromatic rings. The monoisotopic (exact) mass is 422 g/mol. The van der Waals surface area contributed by atoms with Gasteiger partial charge in [-0.05, 0) is 30.3 Å². The normalized spacial score (nSPS) is 24.5. The Morgan fingerprint density at radius 1 is 1.03 bits per heavy atom. The van der Waals surface area contributed by atoms with E-state index in [2.05, 4.69) is 20.6 Å². The van der Waals surface area contributed by atoms with Crippen molar-refractivity contribution in [3.05, 3.63) is 61.0 Å². The number of nitrogens with one attached hydrogen (secondary N) is 2. The Hall–Kier alpha value is -3.43. The number of benzene rings is 1. The Balaban J connectivity index is 1.16. The number of hydrogen-bond acceptors (Lipinski definition) is 8. The molecule has 2 N–H and O–H groups in total. The van der Waals surface area contributed by atoms with Crippen LogP contribution in [0.4, 0.5) is 5.95 Å². The molecule has 9 heteroatoms. The van der Waals surface area contributed by atoms with Gasteiger partial charge in [-0.1, -0.05) is 18.2 Å². The highest BCUT2D eigenvalue weighted by Crippen LogP contribution is 2.29. The number of para-hydroxylation sites is 1. The van der Waals surface area contributed by atoms with Crippen molar-refractivity contribution in [1.82, 2.24) is 15.3 Å². The highest BCUT2D eigenvalue weighted by atomic mass is 16.6. The van der Waals surface area contributed by atoms with Crippen molar-refractivity contribution in [3.63, 3.8) is 0 Å². The smallest absolute Gasteiger partial charge is 0.258 e. The van der Waals surface area contributed by atoms with Gasteiger partial charge in [0.2, 0.25) is 5.95 Å². The summed E-state index contributed by atoms with van der Waals surface area (Å²) in [6.45, 7) is 0.738. The molecule has 160 valence electrons. The minimum atomic E-state index is -0.244. The van der Waals surface area contributed by atoms with Crippen LogP contribution in [0.1, 0.15) is 0 Å². The van der Waals surface area contributed by atoms with Crippen molar-refractivity contribution >= 4 is 11.9 Å². The van der Waals surface area contributed by atoms with Crippen molar-refractivity contribution in [3.8, 4) is 17.2 Å². The summed E-state index contributed by atoms with van der Waals surface area (Å²) in [6, 6.07) is 14.3. The fraction of sp³-hybridized carbons (Fsp3) is 0.318. The van der Waals surface area contributed by atoms with Gasteiger partial charge >= 0.3 is 0 Å². The van der Waals surface area contributed by atoms with Gasteiger partial charge in [0.25, 0.3) is 5.91 Å². The van der Waals surface area contributed by atoms with Crippen LogP contribution in [0.15, 0.2) is 65.4 Å². The number of aromatic nitrogens is 2. The average molecular weight is 422 g/mol. The number of carbonyl (C=O) groups is 1. The van der Waals surface area contributed by atoms with E-state index in [1.165, 1.54) is 0 Å². The first-order chi connectivity index (χ1) is 15.3. The zero-order valence-electron chi connectivity index (χ0n) is 16.6. The number of anilines is 1. The molecular weight excluding hydrogens is 400 g/mol. The summed E-state index contributed by atoms with van der Waals surface area (Å²) in [5.74, 6) is 1.57. The standard InChI is InChI=1S/C22H22N4O5/c27-19(13-29-14-5-2-1-3-6-14)24-16-11-30-21-17(12-31-20(16)21)26-22-23-9-8-15(25-22)18-7-4-10-28-18/h1-10,16-17,20-21H,11-13H2,(H,24,27)(H,23,25,26). The molecule has 0 bridgehead atoms. The summed E-state index contributed by atoms with van der Waals surface area (Å²) in [7, 11) is 0. The van der Waals surface area contributed by atoms with Gasteiger partial charge in [0.05, 0.1) is 31.6 Å². The molecule has 2 saturated heterocycles. The zero-order chi connectivity index (χ0) is 21.0. The predicted octanol–water partition coefficient (Wildman–Crippen LogP) is 1.88. The Kier molecular flexibility index (Phi) is 5.51. The van der Waals surface area contributed by atoms with Crippen LogP contribution in [0, 0.1) is 0 Å². The van der Waals surface area contributed by atoms with Gasteiger partial charge in [-0.15, -0.1) is 0 Å². The van der Waals surface area contributed by atoms with Crippen LogP contribution in [0.25, 0.3) is 11.5 Å². The summed E-state index contributed by atoms with van der Waals surface area (Å²) >= 11 is 0. The number of carbonyl (C=O) groups excluding carboxylic acids is 1. The molecule has 0 aliphatic carbocycles. The van der Waals surface area contributed by atoms with Crippen LogP contribution in [-0.2, 0) is 14.3 Å². The lowest BCUT2D eigenvalue weighted by Crippen LogP contribution is -2.46. The Morgan fingerprint density at radius 2 is 1.84 bits per heavy atom. The first-order valence-electron chi connectivity index (χ1n) is 10.1. The molecule has 4 unspecified atom stereocenters. The van der Waals surface area contributed by atoms with Gasteiger partial charge in [-0.2, -0.15) is 0 Å². The van der Waals surface area contributed by atoms with E-state index in [1.54, 1.807) is 30.7 Å². The molecule has 0 radical (unpaired) electrons. The van der Waals surface area contributed by atoms with Crippen molar-refractivity contribution in [2.24, 2.45) is 0 Å². The van der Waals surface area contributed by atoms with E-state index in [9.17, 15) is 4.79 Å². The minimum Gasteiger partial charge on any atom is -0.484 e. The van der Waals surface area contributed by atoms with E-state index in [1.807, 2.05) is 30.3 Å². The van der Waals surface area contributed by atoms with Crippen molar-refractivity contribution < 1.29 is 23.4 Å². The maximum atomic E-state index is 12.3. The van der Waals surface area contributed by atoms with Gasteiger partial charge in [0.15, 0.2) is 12.4 Å². The average Bonchev–Trinajstić information content (AvgIpc) is 3.54. The maximum absolute atomic E-state index is 12.3. The Labute approximate surface area is 178 Å². The summed E-state index contributed by atoms with van der Waals surface area (Å²) in [5.41, 5.74) is 0.689. The number of amides is 1. The molecule has 2 aliphatic heterocycles. The molecule has 1 aromatic carbocycles. The van der Waals surface area contributed by atoms with E-state index in [0.29, 0.717) is 36.4 Å². The number of ether oxygens (including phenoxy) is 3. The number of rotatable bonds is 7. The minimum absolute atomic E-state index is 0.0625. The van der Waals surface area contributed by atoms with Crippen LogP contribution in [0.3, 0.4) is 0 Å². The molecule has 4 atom stereocenters. The fourth-order valence-corrected chi connectivity index (χ4v) is 3.82. The zero-order valence-corrected chi connectivity index (χ0v) is 16.6. The molecule has 0 saturated carbocycles. The summed E-state index contributed by atoms with van der Waals surface area (Å²) in [5, 5.41) is 6.23. The third-order valence-corrected chi connectivity index (χ3v) is 5.26. The second kappa shape index (κ2) is 8.75. The highest BCUT2D eigenvalue weighted by Gasteiger charge is 2.48. The lowest BCUT2D eigenvalue weighted by atomic mass is 10.1. The Morgan fingerprint density at radius 3 is 2.65 bits per heavy atom. The molecule has 2 aliphatic rings. The van der Waals surface area contributed by atoms with Gasteiger partial charge in [-0.25, -0.2) is 9.97 Å². The molecule has 9 nitrogen and oxygen atoms in total. The Bertz CT molecular complexity index is 1010. The molecule has 2 aromatic heterocycles. The van der Waals surface area contributed by atoms with Crippen molar-refractivity contribution in [1.29, 1.82) is 0 Å². The predicted molar refractivity (Wildman–Crippen MR) is 110 cm³/mol. The molecular formula is C22H22N4O5. The van der Waals surface area contributed by atoms with Crippen LogP contribution in [-0.4, -0.2) is 60.0 Å². The molecule has 5 rings (SSSR count). The molecule has 2 fully saturated rings. The molecule has 0 spiro atoms. The van der Waals surface area contributed by atoms with Crippen LogP contribution in [0.5, 0.6) is 5.75 Å². The summed E-state index contributed by atoms with van der Waals surface area (Å²) in [6.07, 6.45) is 2.82. The lowest BCUT2D eigenvalue weighted by Gasteiger charge is -2.18. The quantitative estimate of drug-likeness (QED) is 0.594. The summed E-state index contributed by atoms with van der Waals surface area (Å²) < 4.78 is 22.7. The number of furan rings is 1. The van der Waals surface area contributed by atoms with Gasteiger partial charge in [-0.3, -0.25) is 4.79 Å². The van der Waals surface area contributed by atoms with Crippen molar-refractivity contribution in [2.75, 3.05) is 25.1 Å². The third kappa shape index (κ3) is 4.37. The van der Waals surface area contributed by atoms with Gasteiger partial charge in [0.1, 0.15) is 23.7 Å². The topological polar surface area (TPSA) is 108 Å². The highest BCUT2D eigenvalue weighted by molar-refractivity contribution is 5.78. The van der Waals surface area contributed by atoms with Gasteiger partial charge < -0.3 is 29.3 Å². The van der Waals surface area contributed by atoms with Crippen LogP contribution in [0.2, 0.25) is 0 Å². The third-order valence-electron chi connectivity index (χ3n) is 5.26. The van der Waals surface area contributed by atoms with Crippen molar-refractivity contribution in [2.45, 2.75) is 24.3 Å². The van der Waals surface area contributed by atoms with E-state index in [4.69, 9.17) is 18.6 Å². The van der Waals surface area contributed by atoms with E-state index < -0.39 is 0 Å². The second-order valence-electron chi connectivity index (χ2n) is 7.37. The molecule has 4 heterocycles. The van der Waals surface area contributed by atoms with Crippen LogP contribution < -0.4 is 15.4 Å². The first-order valence-corrected chi connectivity index (χ1v) is 10.1. The SMILES string of the molecule is O=C(COc1ccccc1)NC1COC2C(Nc3nccc(-c4ccco4)n3)COC12. The van der Waals surface area contributed by atoms with E-state index >= 15 is 0 Å². The fourth-order valence-electron chi connectivity index (χ4n) is 3.82. The first kappa shape index (κ1) is 19.5. The van der Waals surface area contributed by atoms with Crippen LogP contribution >= 0.6 is 0 Å². The van der Waals surface area contributed by atoms with E-state index in [-0.39, 0.29) is 36.8 Å². The molecule has 1 amide bonds. The number of hydrogen-bond donors (Lipinski definition) is 2. The largest absolute Gasteiger partial charge is 0.484 e. The second-order valence-corrected chi connectivity index (χ2v) is 7.37. The lowest BCUT2D eigenvalue weighted by molar-refractivity contribution is -0.124. The van der Waals surface area contributed by atoms with Gasteiger partial charge in [0, 0.05) is 6.20 Å². The number of fused-ring (bicyclic) bond motifs is 1. The summed E-state index contributed by atoms with van der Waals surface area (Å²) in [4.78, 5) is 21.1. The maximum Gasteiger partial charge on any atom is 0.258 e. The number of nitrogens with zero attached hydrogens (tertiary/aromatic N) is 2.